The van der Waals surface area contributed by atoms with Crippen LogP contribution < -0.4 is 0 Å². The Morgan fingerprint density at radius 3 is 0.702 bits per heavy atom. The van der Waals surface area contributed by atoms with Gasteiger partial charge in [-0.15, -0.1) is 0 Å². The van der Waals surface area contributed by atoms with Crippen molar-refractivity contribution in [3.63, 3.8) is 0 Å². The molecule has 0 spiro atoms. The van der Waals surface area contributed by atoms with Crippen LogP contribution in [0.5, 0.6) is 0 Å². The van der Waals surface area contributed by atoms with Crippen molar-refractivity contribution in [2.24, 2.45) is 0 Å². The fraction of sp³-hybridized carbons (Fsp3) is 0. The molecule has 0 aliphatic heterocycles. The second-order valence-corrected chi connectivity index (χ2v) is 32.8. The van der Waals surface area contributed by atoms with Gasteiger partial charge in [0, 0.05) is 32.3 Å². The van der Waals surface area contributed by atoms with Crippen molar-refractivity contribution in [2.45, 2.75) is 0 Å². The molecule has 0 saturated carbocycles. The lowest BCUT2D eigenvalue weighted by Gasteiger charge is -2.18. The van der Waals surface area contributed by atoms with Gasteiger partial charge < -0.3 is 13.3 Å². The third-order valence-electron chi connectivity index (χ3n) is 25.6. The molecule has 0 unspecified atom stereocenters. The zero-order valence-electron chi connectivity index (χ0n) is 93.4. The number of hydrogen-bond acceptors (Lipinski definition) is 3. The Hall–Kier alpha value is -17.2. The molecule has 3 heterocycles. The monoisotopic (exact) mass is 1690 g/mol. The van der Waals surface area contributed by atoms with E-state index in [0.29, 0.717) is 100 Å². The molecule has 28 aromatic rings. The van der Waals surface area contributed by atoms with Gasteiger partial charge >= 0.3 is 0 Å². The van der Waals surface area contributed by atoms with E-state index in [4.69, 9.17) is 29.7 Å². The molecule has 0 bridgehead atoms. The first-order chi connectivity index (χ1) is 74.9. The fourth-order valence-electron chi connectivity index (χ4n) is 19.8. The number of furan rings is 3. The molecule has 3 aromatic heterocycles. The van der Waals surface area contributed by atoms with Gasteiger partial charge in [0.25, 0.3) is 0 Å². The van der Waals surface area contributed by atoms with E-state index in [9.17, 15) is 16.4 Å². The molecule has 0 amide bonds. The zero-order valence-corrected chi connectivity index (χ0v) is 69.4. The van der Waals surface area contributed by atoms with Crippen LogP contribution in [0, 0.1) is 0 Å². The third kappa shape index (κ3) is 12.6. The molecule has 608 valence electrons. The van der Waals surface area contributed by atoms with Crippen molar-refractivity contribution in [2.75, 3.05) is 0 Å². The molecule has 0 atom stereocenters. The summed E-state index contributed by atoms with van der Waals surface area (Å²) in [6.07, 6.45) is 0. The molecule has 25 aromatic carbocycles. The van der Waals surface area contributed by atoms with Crippen LogP contribution in [0.25, 0.3) is 273 Å². The molecule has 0 radical (unpaired) electrons. The third-order valence-corrected chi connectivity index (χ3v) is 25.6. The maximum atomic E-state index is 9.37. The fourth-order valence-corrected chi connectivity index (χ4v) is 19.8. The van der Waals surface area contributed by atoms with E-state index in [1.54, 1.807) is 36.4 Å². The summed E-state index contributed by atoms with van der Waals surface area (Å²) in [4.78, 5) is 0. The van der Waals surface area contributed by atoms with E-state index in [2.05, 4.69) is 36.4 Å². The van der Waals surface area contributed by atoms with Gasteiger partial charge in [-0.25, -0.2) is 0 Å². The number of fused-ring (bicyclic) bond motifs is 22. The summed E-state index contributed by atoms with van der Waals surface area (Å²) in [6.45, 7) is 0. The average Bonchev–Trinajstić information content (AvgIpc) is 1.22. The van der Waals surface area contributed by atoms with Crippen LogP contribution in [0.2, 0.25) is 0 Å². The molecule has 131 heavy (non-hydrogen) atoms. The van der Waals surface area contributed by atoms with Crippen LogP contribution in [0.1, 0.15) is 32.9 Å². The summed E-state index contributed by atoms with van der Waals surface area (Å²) in [5.41, 5.74) is 12.7. The van der Waals surface area contributed by atoms with Crippen LogP contribution in [0.3, 0.4) is 0 Å². The van der Waals surface area contributed by atoms with Gasteiger partial charge in [-0.1, -0.05) is 394 Å². The van der Waals surface area contributed by atoms with Gasteiger partial charge in [0.05, 0.1) is 32.9 Å². The van der Waals surface area contributed by atoms with E-state index in [1.165, 1.54) is 0 Å². The van der Waals surface area contributed by atoms with Crippen molar-refractivity contribution >= 4 is 184 Å². The summed E-state index contributed by atoms with van der Waals surface area (Å²) in [5, 5.41) is 17.5. The minimum atomic E-state index is -0.433. The van der Waals surface area contributed by atoms with E-state index in [0.717, 1.165) is 108 Å². The lowest BCUT2D eigenvalue weighted by Crippen LogP contribution is -1.91. The second-order valence-electron chi connectivity index (χ2n) is 32.8. The first-order valence-corrected chi connectivity index (χ1v) is 43.1. The topological polar surface area (TPSA) is 39.4 Å². The van der Waals surface area contributed by atoms with Gasteiger partial charge in [-0.05, 0) is 286 Å². The molecular formula is C128H78O3. The van der Waals surface area contributed by atoms with Gasteiger partial charge in [-0.3, -0.25) is 0 Å². The predicted molar refractivity (Wildman–Crippen MR) is 557 cm³/mol. The summed E-state index contributed by atoms with van der Waals surface area (Å²) < 4.78 is 235. The molecular weight excluding hydrogens is 1590 g/mol. The Bertz CT molecular complexity index is 10900. The average molecular weight is 1690 g/mol. The van der Waals surface area contributed by atoms with E-state index in [1.807, 2.05) is 255 Å². The molecule has 0 aliphatic carbocycles. The summed E-state index contributed by atoms with van der Waals surface area (Å²) in [6, 6.07) is 96.3. The Morgan fingerprint density at radius 2 is 0.344 bits per heavy atom. The van der Waals surface area contributed by atoms with Gasteiger partial charge in [0.15, 0.2) is 0 Å². The van der Waals surface area contributed by atoms with Crippen molar-refractivity contribution < 1.29 is 46.1 Å². The Kier molecular flexibility index (Phi) is 12.8. The number of benzene rings is 25. The normalized spacial score (nSPS) is 14.4. The van der Waals surface area contributed by atoms with Crippen LogP contribution in [-0.4, -0.2) is 0 Å². The lowest BCUT2D eigenvalue weighted by molar-refractivity contribution is 0.668. The van der Waals surface area contributed by atoms with E-state index < -0.39 is 72.5 Å². The molecule has 0 saturated heterocycles. The molecule has 0 fully saturated rings. The van der Waals surface area contributed by atoms with Crippen molar-refractivity contribution in [3.05, 3.63) is 473 Å². The van der Waals surface area contributed by atoms with Crippen molar-refractivity contribution in [1.82, 2.24) is 0 Å². The number of rotatable bonds is 8. The highest BCUT2D eigenvalue weighted by atomic mass is 16.3. The van der Waals surface area contributed by atoms with Crippen LogP contribution in [0.15, 0.2) is 486 Å². The molecule has 0 aliphatic rings. The minimum absolute atomic E-state index is 0.174. The summed E-state index contributed by atoms with van der Waals surface area (Å²) in [7, 11) is 0. The molecule has 3 heteroatoms. The second kappa shape index (κ2) is 30.8. The number of hydrogen-bond donors (Lipinski definition) is 0. The number of para-hydroxylation sites is 3. The quantitative estimate of drug-likeness (QED) is 0.112. The van der Waals surface area contributed by atoms with Gasteiger partial charge in [0.2, 0.25) is 0 Å². The van der Waals surface area contributed by atoms with Crippen LogP contribution >= 0.6 is 0 Å². The molecule has 3 nitrogen and oxygen atoms in total. The smallest absolute Gasteiger partial charge is 0.135 e. The minimum Gasteiger partial charge on any atom is -0.456 e. The highest BCUT2D eigenvalue weighted by Gasteiger charge is 2.24. The van der Waals surface area contributed by atoms with Gasteiger partial charge in [0.1, 0.15) is 33.5 Å². The van der Waals surface area contributed by atoms with Crippen molar-refractivity contribution in [1.29, 1.82) is 0 Å². The zero-order chi connectivity index (χ0) is 107. The Balaban J connectivity index is 0.000000116. The van der Waals surface area contributed by atoms with Crippen molar-refractivity contribution in [3.8, 4) is 89.0 Å². The van der Waals surface area contributed by atoms with Crippen LogP contribution in [-0.2, 0) is 0 Å². The first-order valence-electron chi connectivity index (χ1n) is 55.1. The first kappa shape index (κ1) is 54.6. The van der Waals surface area contributed by atoms with E-state index >= 15 is 0 Å². The Labute approximate surface area is 788 Å². The summed E-state index contributed by atoms with van der Waals surface area (Å²) in [5.74, 6) is 0. The van der Waals surface area contributed by atoms with Crippen LogP contribution in [0.4, 0.5) is 0 Å². The van der Waals surface area contributed by atoms with E-state index in [-0.39, 0.29) is 137 Å². The largest absolute Gasteiger partial charge is 0.456 e. The Morgan fingerprint density at radius 1 is 0.130 bits per heavy atom. The predicted octanol–water partition coefficient (Wildman–Crippen LogP) is 36.8. The highest BCUT2D eigenvalue weighted by molar-refractivity contribution is 6.27. The molecule has 0 N–H and O–H groups in total. The lowest BCUT2D eigenvalue weighted by atomic mass is 9.85. The van der Waals surface area contributed by atoms with Gasteiger partial charge in [-0.2, -0.15) is 0 Å². The standard InChI is InChI=1S/C46H28O.C42H26O.C40H24O/c1-2-13-35-29(10-1)20-21-30-22-23-32(27-41(30)35)31-11-9-12-33(26-31)45-37-15-3-5-17-39(37)46(40-18-6-4-16-38(40)45)34-24-25-44-42(28-34)36-14-7-8-19-43(36)47-44;1-2-15-31-27(11-1)12-10-21-32(31)28-13-9-14-29(25-28)41-34-17-3-5-19-36(34)42(37-20-6-4-18-35(37)41)30-23-24-40-38(26-30)33-16-7-8-22-39(33)43-40;1-2-10-29-25(9-1)17-18-26-19-20-27(23-35(26)29)39-31-12-3-5-14-33(31)40(34-15-6-4-13-32(34)39)28-21-22-38-36(24-28)30-11-7-8-16-37(30)41-38/h1-28H;1-26H;1-24H/i3D,4D,5D,6D,15D,16D,17D,18D;3D,4D,5D,6D,17D,18D,19D,20D;3D,4D,5D,6D,12D,13D,14D,15D. The maximum absolute atomic E-state index is 9.37. The maximum Gasteiger partial charge on any atom is 0.135 e. The SMILES string of the molecule is [2H]c1c([2H])c([2H])c2c(-c3ccc4oc5ccccc5c4c3)c3c([2H])c([2H])c([2H])c([2H])c3c(-c3ccc4ccc5ccccc5c4c3)c2c1[2H].[2H]c1c([2H])c([2H])c2c(-c3ccc4oc5ccccc5c4c3)c3c([2H])c([2H])c([2H])c([2H])c3c(-c3cccc(-c4ccc5ccc6ccccc6c5c4)c3)c2c1[2H].[2H]c1c([2H])c([2H])c2c(-c3ccc4oc5ccccc5c4c3)c3c([2H])c([2H])c([2H])c([2H])c3c(-c3cccc(-c4cccc5ccccc45)c3)c2c1[2H]. The molecule has 28 rings (SSSR count). The summed E-state index contributed by atoms with van der Waals surface area (Å²) >= 11 is 0. The highest BCUT2D eigenvalue weighted by Crippen LogP contribution is 2.51.